The van der Waals surface area contributed by atoms with Gasteiger partial charge in [-0.25, -0.2) is 0 Å². The third-order valence-electron chi connectivity index (χ3n) is 3.65. The van der Waals surface area contributed by atoms with Crippen molar-refractivity contribution < 1.29 is 15.1 Å². The van der Waals surface area contributed by atoms with Crippen LogP contribution < -0.4 is 0 Å². The van der Waals surface area contributed by atoms with Crippen LogP contribution in [0, 0.1) is 0 Å². The largest absolute Gasteiger partial charge is 0.631 e. The van der Waals surface area contributed by atoms with Crippen LogP contribution in [0.15, 0.2) is 72.8 Å². The van der Waals surface area contributed by atoms with Crippen molar-refractivity contribution in [2.75, 3.05) is 0 Å². The van der Waals surface area contributed by atoms with Gasteiger partial charge in [0, 0.05) is 0 Å². The second kappa shape index (κ2) is 6.16. The Morgan fingerprint density at radius 2 is 0.545 bits per heavy atom. The minimum Gasteiger partial charge on any atom is -0.402 e. The summed E-state index contributed by atoms with van der Waals surface area (Å²) in [7, 11) is -2.17. The van der Waals surface area contributed by atoms with Crippen molar-refractivity contribution in [3.8, 4) is 0 Å². The number of fused-ring (bicyclic) bond motifs is 6. The van der Waals surface area contributed by atoms with Crippen LogP contribution in [0.25, 0.3) is 32.3 Å². The number of benzene rings is 4. The van der Waals surface area contributed by atoms with Crippen molar-refractivity contribution in [2.24, 2.45) is 0 Å². The normalized spacial score (nSPS) is 10.5. The van der Waals surface area contributed by atoms with Crippen molar-refractivity contribution >= 4 is 39.6 Å². The van der Waals surface area contributed by atoms with Gasteiger partial charge >= 0.3 is 7.32 Å². The molecule has 0 atom stereocenters. The molecule has 4 aromatic rings. The van der Waals surface area contributed by atoms with Gasteiger partial charge in [-0.3, -0.25) is 0 Å². The van der Waals surface area contributed by atoms with E-state index in [0.717, 1.165) is 0 Å². The van der Waals surface area contributed by atoms with Crippen molar-refractivity contribution in [3.63, 3.8) is 0 Å². The lowest BCUT2D eigenvalue weighted by Gasteiger charge is -2.09. The van der Waals surface area contributed by atoms with Crippen LogP contribution in [0.2, 0.25) is 0 Å². The fourth-order valence-electron chi connectivity index (χ4n) is 2.86. The van der Waals surface area contributed by atoms with Gasteiger partial charge in [0.1, 0.15) is 0 Å². The highest BCUT2D eigenvalue weighted by molar-refractivity contribution is 6.30. The molecule has 3 N–H and O–H groups in total. The van der Waals surface area contributed by atoms with E-state index in [0.29, 0.717) is 0 Å². The predicted octanol–water partition coefficient (Wildman–Crippen LogP) is 3.09. The van der Waals surface area contributed by atoms with Crippen LogP contribution in [0.4, 0.5) is 0 Å². The first-order valence-electron chi connectivity index (χ1n) is 7.01. The molecule has 0 aliphatic heterocycles. The molecular formula is C18H15BO3. The molecule has 0 radical (unpaired) electrons. The highest BCUT2D eigenvalue weighted by Crippen LogP contribution is 2.34. The second-order valence-corrected chi connectivity index (χ2v) is 4.98. The summed E-state index contributed by atoms with van der Waals surface area (Å²) in [6.07, 6.45) is 0. The van der Waals surface area contributed by atoms with Crippen molar-refractivity contribution in [2.45, 2.75) is 0 Å². The van der Waals surface area contributed by atoms with E-state index >= 15 is 0 Å². The van der Waals surface area contributed by atoms with Crippen molar-refractivity contribution in [3.05, 3.63) is 72.8 Å². The smallest absolute Gasteiger partial charge is 0.402 e. The number of rotatable bonds is 0. The lowest BCUT2D eigenvalue weighted by atomic mass is 9.95. The average Bonchev–Trinajstić information content (AvgIpc) is 2.55. The zero-order valence-corrected chi connectivity index (χ0v) is 11.8. The monoisotopic (exact) mass is 290 g/mol. The summed E-state index contributed by atoms with van der Waals surface area (Å²) in [6, 6.07) is 26.0. The zero-order chi connectivity index (χ0) is 15.5. The van der Waals surface area contributed by atoms with Crippen LogP contribution in [0.1, 0.15) is 0 Å². The molecule has 0 saturated heterocycles. The third-order valence-corrected chi connectivity index (χ3v) is 3.65. The Labute approximate surface area is 128 Å². The molecule has 0 aliphatic rings. The van der Waals surface area contributed by atoms with Crippen LogP contribution >= 0.6 is 0 Å². The van der Waals surface area contributed by atoms with Crippen LogP contribution in [-0.4, -0.2) is 22.4 Å². The fraction of sp³-hybridized carbons (Fsp3) is 0. The van der Waals surface area contributed by atoms with Crippen molar-refractivity contribution in [1.82, 2.24) is 0 Å². The van der Waals surface area contributed by atoms with Gasteiger partial charge in [-0.1, -0.05) is 72.8 Å². The Balaban J connectivity index is 0.000000325. The highest BCUT2D eigenvalue weighted by atomic mass is 16.5. The van der Waals surface area contributed by atoms with Gasteiger partial charge in [0.2, 0.25) is 0 Å². The molecule has 4 heteroatoms. The van der Waals surface area contributed by atoms with E-state index in [1.54, 1.807) is 0 Å². The summed E-state index contributed by atoms with van der Waals surface area (Å²) in [4.78, 5) is 0. The van der Waals surface area contributed by atoms with E-state index in [1.807, 2.05) is 0 Å². The topological polar surface area (TPSA) is 60.7 Å². The Kier molecular flexibility index (Phi) is 4.07. The molecule has 22 heavy (non-hydrogen) atoms. The van der Waals surface area contributed by atoms with Gasteiger partial charge in [0.25, 0.3) is 0 Å². The van der Waals surface area contributed by atoms with Crippen molar-refractivity contribution in [1.29, 1.82) is 0 Å². The lowest BCUT2D eigenvalue weighted by Crippen LogP contribution is -2.07. The van der Waals surface area contributed by atoms with Gasteiger partial charge in [0.15, 0.2) is 0 Å². The predicted molar refractivity (Wildman–Crippen MR) is 91.4 cm³/mol. The zero-order valence-electron chi connectivity index (χ0n) is 11.8. The summed E-state index contributed by atoms with van der Waals surface area (Å²) in [5.41, 5.74) is 0. The maximum Gasteiger partial charge on any atom is 0.631 e. The molecule has 0 saturated carbocycles. The first kappa shape index (κ1) is 14.5. The summed E-state index contributed by atoms with van der Waals surface area (Å²) in [6.45, 7) is 0. The maximum absolute atomic E-state index is 7.17. The fourth-order valence-corrected chi connectivity index (χ4v) is 2.86. The Bertz CT molecular complexity index is 711. The van der Waals surface area contributed by atoms with E-state index in [2.05, 4.69) is 72.8 Å². The lowest BCUT2D eigenvalue weighted by molar-refractivity contribution is 0.278. The van der Waals surface area contributed by atoms with Crippen LogP contribution in [0.3, 0.4) is 0 Å². The molecule has 0 fully saturated rings. The molecule has 4 rings (SSSR count). The molecule has 0 unspecified atom stereocenters. The SMILES string of the molecule is OB(O)O.c1ccc2c(c1)c1ccccc1c1ccccc21. The molecule has 4 aromatic carbocycles. The molecule has 0 amide bonds. The Morgan fingerprint density at radius 3 is 0.682 bits per heavy atom. The highest BCUT2D eigenvalue weighted by Gasteiger charge is 2.06. The quantitative estimate of drug-likeness (QED) is 0.344. The number of hydrogen-bond donors (Lipinski definition) is 3. The Hall–Kier alpha value is -2.40. The molecule has 0 heterocycles. The molecule has 0 aliphatic carbocycles. The second-order valence-electron chi connectivity index (χ2n) is 4.98. The standard InChI is InChI=1S/C18H12.BH3O3/c1-2-8-14-13(7-1)15-9-3-4-11-17(15)18-12-6-5-10-16(14)18;2-1(3)4/h1-12H;2-4H. The van der Waals surface area contributed by atoms with E-state index in [-0.39, 0.29) is 0 Å². The summed E-state index contributed by atoms with van der Waals surface area (Å²) in [5.74, 6) is 0. The minimum atomic E-state index is -2.17. The summed E-state index contributed by atoms with van der Waals surface area (Å²) >= 11 is 0. The molecule has 108 valence electrons. The van der Waals surface area contributed by atoms with Gasteiger partial charge < -0.3 is 15.1 Å². The van der Waals surface area contributed by atoms with Gasteiger partial charge in [-0.2, -0.15) is 0 Å². The number of hydrogen-bond acceptors (Lipinski definition) is 3. The molecule has 0 bridgehead atoms. The van der Waals surface area contributed by atoms with E-state index in [4.69, 9.17) is 15.1 Å². The summed E-state index contributed by atoms with van der Waals surface area (Å²) in [5, 5.41) is 29.5. The maximum atomic E-state index is 7.17. The first-order valence-corrected chi connectivity index (χ1v) is 7.01. The molecule has 0 spiro atoms. The minimum absolute atomic E-state index is 1.34. The van der Waals surface area contributed by atoms with Crippen LogP contribution in [-0.2, 0) is 0 Å². The van der Waals surface area contributed by atoms with E-state index in [9.17, 15) is 0 Å². The molecular weight excluding hydrogens is 275 g/mol. The summed E-state index contributed by atoms with van der Waals surface area (Å²) < 4.78 is 0. The van der Waals surface area contributed by atoms with Crippen LogP contribution in [0.5, 0.6) is 0 Å². The molecule has 0 aromatic heterocycles. The van der Waals surface area contributed by atoms with Gasteiger partial charge in [-0.15, -0.1) is 0 Å². The first-order chi connectivity index (χ1) is 10.7. The van der Waals surface area contributed by atoms with Gasteiger partial charge in [-0.05, 0) is 32.3 Å². The molecule has 3 nitrogen and oxygen atoms in total. The van der Waals surface area contributed by atoms with E-state index < -0.39 is 7.32 Å². The van der Waals surface area contributed by atoms with E-state index in [1.165, 1.54) is 32.3 Å². The third kappa shape index (κ3) is 2.67. The van der Waals surface area contributed by atoms with Gasteiger partial charge in [0.05, 0.1) is 0 Å². The Morgan fingerprint density at radius 1 is 0.409 bits per heavy atom. The average molecular weight is 290 g/mol.